The van der Waals surface area contributed by atoms with Gasteiger partial charge in [0, 0.05) is 24.2 Å². The minimum atomic E-state index is -0.737. The van der Waals surface area contributed by atoms with Gasteiger partial charge in [0.05, 0.1) is 5.69 Å². The summed E-state index contributed by atoms with van der Waals surface area (Å²) in [4.78, 5) is 23.3. The number of hydrogen-bond donors (Lipinski definition) is 2. The van der Waals surface area contributed by atoms with E-state index in [0.29, 0.717) is 11.3 Å². The Bertz CT molecular complexity index is 985. The monoisotopic (exact) mass is 357 g/mol. The van der Waals surface area contributed by atoms with E-state index in [-0.39, 0.29) is 23.0 Å². The molecule has 0 bridgehead atoms. The molecule has 0 unspecified atom stereocenters. The third kappa shape index (κ3) is 3.92. The van der Waals surface area contributed by atoms with E-state index in [1.54, 1.807) is 6.07 Å². The van der Waals surface area contributed by atoms with E-state index in [1.807, 2.05) is 0 Å². The zero-order chi connectivity index (χ0) is 18.7. The number of hydrogen-bond acceptors (Lipinski definition) is 4. The van der Waals surface area contributed by atoms with E-state index < -0.39 is 17.5 Å². The van der Waals surface area contributed by atoms with Crippen LogP contribution < -0.4 is 10.6 Å². The molecule has 3 aromatic rings. The van der Waals surface area contributed by atoms with E-state index in [2.05, 4.69) is 15.8 Å². The molecule has 0 aliphatic heterocycles. The summed E-state index contributed by atoms with van der Waals surface area (Å²) in [7, 11) is 0. The molecule has 2 aromatic carbocycles. The molecular formula is C18H13F2N3O3. The molecule has 0 saturated carbocycles. The summed E-state index contributed by atoms with van der Waals surface area (Å²) in [6.45, 7) is 1.31. The first-order valence-corrected chi connectivity index (χ1v) is 7.53. The van der Waals surface area contributed by atoms with Gasteiger partial charge in [-0.15, -0.1) is 0 Å². The molecule has 0 saturated heterocycles. The molecule has 0 aliphatic carbocycles. The van der Waals surface area contributed by atoms with Crippen molar-refractivity contribution >= 4 is 23.2 Å². The Balaban J connectivity index is 1.80. The Kier molecular flexibility index (Phi) is 4.74. The van der Waals surface area contributed by atoms with Crippen molar-refractivity contribution in [2.24, 2.45) is 0 Å². The van der Waals surface area contributed by atoms with Crippen LogP contribution in [0.15, 0.2) is 53.1 Å². The highest BCUT2D eigenvalue weighted by Crippen LogP contribution is 2.23. The van der Waals surface area contributed by atoms with Gasteiger partial charge in [-0.05, 0) is 30.3 Å². The van der Waals surface area contributed by atoms with Crippen molar-refractivity contribution < 1.29 is 22.9 Å². The lowest BCUT2D eigenvalue weighted by molar-refractivity contribution is -0.114. The third-order valence-electron chi connectivity index (χ3n) is 3.39. The van der Waals surface area contributed by atoms with Gasteiger partial charge in [0.1, 0.15) is 17.3 Å². The largest absolute Gasteiger partial charge is 0.350 e. The second-order valence-electron chi connectivity index (χ2n) is 5.42. The Hall–Kier alpha value is -3.55. The Morgan fingerprint density at radius 2 is 1.85 bits per heavy atom. The molecule has 132 valence electrons. The molecule has 0 fully saturated rings. The Morgan fingerprint density at radius 3 is 2.58 bits per heavy atom. The predicted molar refractivity (Wildman–Crippen MR) is 90.6 cm³/mol. The van der Waals surface area contributed by atoms with Crippen LogP contribution in [0.25, 0.3) is 11.3 Å². The van der Waals surface area contributed by atoms with Crippen LogP contribution in [0.3, 0.4) is 0 Å². The molecule has 0 radical (unpaired) electrons. The van der Waals surface area contributed by atoms with Gasteiger partial charge in [-0.25, -0.2) is 8.78 Å². The highest BCUT2D eigenvalue weighted by atomic mass is 19.1. The van der Waals surface area contributed by atoms with Crippen LogP contribution in [-0.2, 0) is 4.79 Å². The number of nitrogens with one attached hydrogen (secondary N) is 2. The van der Waals surface area contributed by atoms with Crippen molar-refractivity contribution in [3.8, 4) is 11.3 Å². The second kappa shape index (κ2) is 7.14. The molecule has 0 atom stereocenters. The number of nitrogens with zero attached hydrogens (tertiary/aromatic N) is 1. The second-order valence-corrected chi connectivity index (χ2v) is 5.42. The number of carbonyl (C=O) groups excluding carboxylic acids is 2. The fourth-order valence-electron chi connectivity index (χ4n) is 2.25. The summed E-state index contributed by atoms with van der Waals surface area (Å²) < 4.78 is 32.1. The number of carbonyl (C=O) groups is 2. The maximum absolute atomic E-state index is 13.9. The summed E-state index contributed by atoms with van der Waals surface area (Å²) in [5.74, 6) is -2.37. The van der Waals surface area contributed by atoms with Crippen LogP contribution in [0, 0.1) is 11.6 Å². The van der Waals surface area contributed by atoms with Gasteiger partial charge in [0.2, 0.25) is 11.7 Å². The summed E-state index contributed by atoms with van der Waals surface area (Å²) in [5.41, 5.74) is 0.894. The van der Waals surface area contributed by atoms with Gasteiger partial charge >= 0.3 is 0 Å². The highest BCUT2D eigenvalue weighted by Gasteiger charge is 2.16. The van der Waals surface area contributed by atoms with Crippen molar-refractivity contribution in [1.29, 1.82) is 0 Å². The van der Waals surface area contributed by atoms with Crippen LogP contribution in [0.2, 0.25) is 0 Å². The number of amides is 2. The van der Waals surface area contributed by atoms with E-state index in [0.717, 1.165) is 6.07 Å². The summed E-state index contributed by atoms with van der Waals surface area (Å²) in [6, 6.07) is 10.7. The van der Waals surface area contributed by atoms with Gasteiger partial charge in [-0.3, -0.25) is 9.59 Å². The SMILES string of the molecule is CC(=O)Nc1ccc(F)c(NC(=O)c2cc(-c3cccc(F)c3)no2)c1. The Morgan fingerprint density at radius 1 is 1.04 bits per heavy atom. The third-order valence-corrected chi connectivity index (χ3v) is 3.39. The molecule has 1 aromatic heterocycles. The summed E-state index contributed by atoms with van der Waals surface area (Å²) in [6.07, 6.45) is 0. The lowest BCUT2D eigenvalue weighted by Gasteiger charge is -2.07. The number of benzene rings is 2. The van der Waals surface area contributed by atoms with Gasteiger partial charge in [-0.2, -0.15) is 0 Å². The first-order chi connectivity index (χ1) is 12.4. The lowest BCUT2D eigenvalue weighted by Crippen LogP contribution is -2.13. The number of aromatic nitrogens is 1. The quantitative estimate of drug-likeness (QED) is 0.743. The Labute approximate surface area is 146 Å². The van der Waals surface area contributed by atoms with Crippen LogP contribution in [0.4, 0.5) is 20.2 Å². The molecule has 0 spiro atoms. The molecule has 8 heteroatoms. The average Bonchev–Trinajstić information content (AvgIpc) is 3.07. The summed E-state index contributed by atoms with van der Waals surface area (Å²) >= 11 is 0. The molecule has 0 aliphatic rings. The van der Waals surface area contributed by atoms with Crippen molar-refractivity contribution in [2.75, 3.05) is 10.6 Å². The highest BCUT2D eigenvalue weighted by molar-refractivity contribution is 6.03. The van der Waals surface area contributed by atoms with Crippen LogP contribution in [0.1, 0.15) is 17.5 Å². The van der Waals surface area contributed by atoms with Gasteiger partial charge in [0.15, 0.2) is 0 Å². The zero-order valence-corrected chi connectivity index (χ0v) is 13.5. The van der Waals surface area contributed by atoms with Crippen molar-refractivity contribution in [3.63, 3.8) is 0 Å². The first-order valence-electron chi connectivity index (χ1n) is 7.53. The average molecular weight is 357 g/mol. The predicted octanol–water partition coefficient (Wildman–Crippen LogP) is 3.83. The molecule has 6 nitrogen and oxygen atoms in total. The molecule has 26 heavy (non-hydrogen) atoms. The minimum Gasteiger partial charge on any atom is -0.350 e. The molecule has 2 amide bonds. The van der Waals surface area contributed by atoms with Crippen molar-refractivity contribution in [3.05, 3.63) is 65.9 Å². The minimum absolute atomic E-state index is 0.134. The lowest BCUT2D eigenvalue weighted by atomic mass is 10.1. The topological polar surface area (TPSA) is 84.2 Å². The van der Waals surface area contributed by atoms with E-state index in [4.69, 9.17) is 4.52 Å². The van der Waals surface area contributed by atoms with Crippen LogP contribution >= 0.6 is 0 Å². The number of halogens is 2. The van der Waals surface area contributed by atoms with Gasteiger partial charge in [0.25, 0.3) is 5.91 Å². The van der Waals surface area contributed by atoms with E-state index >= 15 is 0 Å². The fourth-order valence-corrected chi connectivity index (χ4v) is 2.25. The maximum atomic E-state index is 13.9. The fraction of sp³-hybridized carbons (Fsp3) is 0.0556. The molecular weight excluding hydrogens is 344 g/mol. The number of rotatable bonds is 4. The smallest absolute Gasteiger partial charge is 0.294 e. The first kappa shape index (κ1) is 17.3. The van der Waals surface area contributed by atoms with Gasteiger partial charge in [-0.1, -0.05) is 17.3 Å². The molecule has 1 heterocycles. The van der Waals surface area contributed by atoms with Crippen molar-refractivity contribution in [2.45, 2.75) is 6.92 Å². The van der Waals surface area contributed by atoms with Gasteiger partial charge < -0.3 is 15.2 Å². The van der Waals surface area contributed by atoms with Crippen molar-refractivity contribution in [1.82, 2.24) is 5.16 Å². The zero-order valence-electron chi connectivity index (χ0n) is 13.5. The normalized spacial score (nSPS) is 10.4. The molecule has 3 rings (SSSR count). The van der Waals surface area contributed by atoms with Crippen LogP contribution in [-0.4, -0.2) is 17.0 Å². The van der Waals surface area contributed by atoms with E-state index in [9.17, 15) is 18.4 Å². The summed E-state index contributed by atoms with van der Waals surface area (Å²) in [5, 5.41) is 8.55. The maximum Gasteiger partial charge on any atom is 0.294 e. The van der Waals surface area contributed by atoms with E-state index in [1.165, 1.54) is 43.3 Å². The van der Waals surface area contributed by atoms with Crippen LogP contribution in [0.5, 0.6) is 0 Å². The number of anilines is 2. The standard InChI is InChI=1S/C18H13F2N3O3/c1-10(24)21-13-5-6-14(20)16(8-13)22-18(25)17-9-15(23-26-17)11-3-2-4-12(19)7-11/h2-9H,1H3,(H,21,24)(H,22,25). The molecule has 2 N–H and O–H groups in total.